The lowest BCUT2D eigenvalue weighted by Gasteiger charge is -2.19. The molecule has 0 bridgehead atoms. The van der Waals surface area contributed by atoms with E-state index in [1.54, 1.807) is 24.4 Å². The Bertz CT molecular complexity index is 1200. The number of aryl methyl sites for hydroxylation is 1. The van der Waals surface area contributed by atoms with Crippen molar-refractivity contribution in [2.75, 3.05) is 18.5 Å². The van der Waals surface area contributed by atoms with Crippen molar-refractivity contribution in [1.29, 1.82) is 5.26 Å². The summed E-state index contributed by atoms with van der Waals surface area (Å²) in [6, 6.07) is 10.4. The fraction of sp³-hybridized carbons (Fsp3) is 0.217. The van der Waals surface area contributed by atoms with Crippen molar-refractivity contribution in [3.05, 3.63) is 71.3 Å². The van der Waals surface area contributed by atoms with Gasteiger partial charge in [0.1, 0.15) is 12.4 Å². The molecule has 1 aliphatic rings. The van der Waals surface area contributed by atoms with E-state index in [0.717, 1.165) is 5.56 Å². The van der Waals surface area contributed by atoms with Crippen LogP contribution in [0.2, 0.25) is 5.02 Å². The molecule has 2 N–H and O–H groups in total. The fourth-order valence-corrected chi connectivity index (χ4v) is 3.32. The van der Waals surface area contributed by atoms with Crippen molar-refractivity contribution in [3.63, 3.8) is 0 Å². The summed E-state index contributed by atoms with van der Waals surface area (Å²) in [5.74, 6) is -0.0679. The quantitative estimate of drug-likeness (QED) is 0.249. The van der Waals surface area contributed by atoms with Crippen LogP contribution in [0.4, 0.5) is 19.3 Å². The highest BCUT2D eigenvalue weighted by atomic mass is 35.5. The molecule has 0 fully saturated rings. The van der Waals surface area contributed by atoms with Crippen LogP contribution in [0.25, 0.3) is 0 Å². The Morgan fingerprint density at radius 1 is 1.43 bits per heavy atom. The molecule has 0 unspecified atom stereocenters. The minimum atomic E-state index is -2.99. The van der Waals surface area contributed by atoms with Gasteiger partial charge >= 0.3 is 12.7 Å². The van der Waals surface area contributed by atoms with Gasteiger partial charge in [0.05, 0.1) is 18.3 Å². The Kier molecular flexibility index (Phi) is 8.58. The number of guanidine groups is 1. The molecule has 1 amide bonds. The number of benzene rings is 2. The third-order valence-electron chi connectivity index (χ3n) is 4.71. The summed E-state index contributed by atoms with van der Waals surface area (Å²) >= 11 is 6.15. The summed E-state index contributed by atoms with van der Waals surface area (Å²) in [5, 5.41) is 21.3. The molecule has 1 heterocycles. The summed E-state index contributed by atoms with van der Waals surface area (Å²) in [6.45, 7) is 2.47. The fourth-order valence-electron chi connectivity index (χ4n) is 3.21. The normalized spacial score (nSPS) is 15.3. The second-order valence-corrected chi connectivity index (χ2v) is 7.59. The molecule has 1 aliphatic heterocycles. The smallest absolute Gasteiger partial charge is 0.408 e. The molecular formula is C23H21ClF2N6O3. The van der Waals surface area contributed by atoms with E-state index in [0.29, 0.717) is 22.0 Å². The van der Waals surface area contributed by atoms with Crippen molar-refractivity contribution in [2.45, 2.75) is 19.6 Å². The van der Waals surface area contributed by atoms with Crippen LogP contribution in [0.5, 0.6) is 5.75 Å². The highest BCUT2D eigenvalue weighted by Crippen LogP contribution is 2.23. The maximum atomic E-state index is 12.6. The number of hydrazone groups is 1. The van der Waals surface area contributed by atoms with Gasteiger partial charge in [-0.3, -0.25) is 0 Å². The summed E-state index contributed by atoms with van der Waals surface area (Å²) in [7, 11) is 0. The molecule has 0 aromatic heterocycles. The third-order valence-corrected chi connectivity index (χ3v) is 5.13. The van der Waals surface area contributed by atoms with Crippen molar-refractivity contribution in [1.82, 2.24) is 10.3 Å². The van der Waals surface area contributed by atoms with Gasteiger partial charge in [0.25, 0.3) is 0 Å². The van der Waals surface area contributed by atoms with Crippen molar-refractivity contribution in [2.24, 2.45) is 10.1 Å². The summed E-state index contributed by atoms with van der Waals surface area (Å²) in [6.07, 6.45) is 2.44. The molecule has 2 aromatic rings. The molecule has 1 atom stereocenters. The average molecular weight is 503 g/mol. The highest BCUT2D eigenvalue weighted by molar-refractivity contribution is 6.31. The minimum Gasteiger partial charge on any atom is -0.445 e. The zero-order valence-electron chi connectivity index (χ0n) is 18.5. The van der Waals surface area contributed by atoms with Crippen LogP contribution in [0.15, 0.2) is 65.2 Å². The van der Waals surface area contributed by atoms with Crippen LogP contribution >= 0.6 is 11.6 Å². The SMILES string of the molecule is C=CCOC(=O)N[C@@H]1CN(/C(=N\C#N)Nc2cccc(OC(F)F)c2)N=C1c1ccc(Cl)c(C)c1. The molecule has 2 aromatic carbocycles. The maximum absolute atomic E-state index is 12.6. The van der Waals surface area contributed by atoms with Gasteiger partial charge in [-0.1, -0.05) is 36.4 Å². The number of alkyl halides is 2. The van der Waals surface area contributed by atoms with Crippen LogP contribution in [-0.2, 0) is 4.74 Å². The van der Waals surface area contributed by atoms with Gasteiger partial charge in [0.2, 0.25) is 12.2 Å². The standard InChI is InChI=1S/C23H21ClF2N6O3/c1-3-9-34-23(33)30-19-12-32(31-20(19)15-7-8-18(24)14(2)10-15)22(28-13-27)29-16-5-4-6-17(11-16)35-21(25)26/h3-8,10-11,19,21H,1,9,12H2,2H3,(H,28,29)(H,30,33)/t19-/m1/s1. The van der Waals surface area contributed by atoms with Crippen LogP contribution in [0, 0.1) is 18.4 Å². The van der Waals surface area contributed by atoms with E-state index in [2.05, 4.69) is 32.0 Å². The number of alkyl carbamates (subject to hydrolysis) is 1. The van der Waals surface area contributed by atoms with Gasteiger partial charge in [-0.2, -0.15) is 19.1 Å². The second-order valence-electron chi connectivity index (χ2n) is 7.18. The molecule has 35 heavy (non-hydrogen) atoms. The molecule has 0 saturated heterocycles. The number of carbonyl (C=O) groups excluding carboxylic acids is 1. The Balaban J connectivity index is 1.90. The van der Waals surface area contributed by atoms with Gasteiger partial charge in [-0.15, -0.1) is 4.99 Å². The van der Waals surface area contributed by atoms with E-state index in [1.807, 2.05) is 13.0 Å². The van der Waals surface area contributed by atoms with E-state index in [-0.39, 0.29) is 24.9 Å². The first-order valence-electron chi connectivity index (χ1n) is 10.3. The number of nitrogens with one attached hydrogen (secondary N) is 2. The lowest BCUT2D eigenvalue weighted by molar-refractivity contribution is -0.0498. The molecule has 0 aliphatic carbocycles. The van der Waals surface area contributed by atoms with E-state index in [4.69, 9.17) is 16.3 Å². The van der Waals surface area contributed by atoms with E-state index >= 15 is 0 Å². The first kappa shape index (κ1) is 25.5. The Morgan fingerprint density at radius 3 is 2.91 bits per heavy atom. The number of rotatable bonds is 7. The van der Waals surface area contributed by atoms with Crippen molar-refractivity contribution in [3.8, 4) is 11.9 Å². The predicted molar refractivity (Wildman–Crippen MR) is 128 cm³/mol. The third kappa shape index (κ3) is 6.91. The molecule has 9 nitrogen and oxygen atoms in total. The number of anilines is 1. The number of ether oxygens (including phenoxy) is 2. The number of amides is 1. The van der Waals surface area contributed by atoms with Crippen LogP contribution in [0.3, 0.4) is 0 Å². The summed E-state index contributed by atoms with van der Waals surface area (Å²) in [4.78, 5) is 16.0. The Morgan fingerprint density at radius 2 is 2.23 bits per heavy atom. The van der Waals surface area contributed by atoms with Gasteiger partial charge in [0, 0.05) is 22.3 Å². The number of halogens is 3. The molecule has 12 heteroatoms. The average Bonchev–Trinajstić information content (AvgIpc) is 3.22. The zero-order valence-corrected chi connectivity index (χ0v) is 19.3. The van der Waals surface area contributed by atoms with Gasteiger partial charge in [0.15, 0.2) is 0 Å². The zero-order chi connectivity index (χ0) is 25.4. The predicted octanol–water partition coefficient (Wildman–Crippen LogP) is 4.50. The lowest BCUT2D eigenvalue weighted by Crippen LogP contribution is -2.44. The largest absolute Gasteiger partial charge is 0.445 e. The number of nitriles is 1. The minimum absolute atomic E-state index is 0.00800. The van der Waals surface area contributed by atoms with E-state index < -0.39 is 18.7 Å². The Hall–Kier alpha value is -4.17. The first-order valence-corrected chi connectivity index (χ1v) is 10.6. The van der Waals surface area contributed by atoms with Crippen LogP contribution in [0.1, 0.15) is 11.1 Å². The molecule has 182 valence electrons. The summed E-state index contributed by atoms with van der Waals surface area (Å²) in [5.41, 5.74) is 2.30. The van der Waals surface area contributed by atoms with Gasteiger partial charge in [-0.25, -0.2) is 9.80 Å². The second kappa shape index (κ2) is 11.8. The maximum Gasteiger partial charge on any atom is 0.408 e. The number of carbonyl (C=O) groups is 1. The number of aliphatic imine (C=N–C) groups is 1. The summed E-state index contributed by atoms with van der Waals surface area (Å²) < 4.78 is 34.6. The van der Waals surface area contributed by atoms with Crippen molar-refractivity contribution >= 4 is 35.1 Å². The molecule has 0 saturated carbocycles. The molecule has 0 radical (unpaired) electrons. The number of hydrogen-bond acceptors (Lipinski definition) is 6. The number of nitrogens with zero attached hydrogens (tertiary/aromatic N) is 4. The first-order chi connectivity index (χ1) is 16.8. The van der Waals surface area contributed by atoms with E-state index in [1.165, 1.54) is 29.3 Å². The van der Waals surface area contributed by atoms with Crippen LogP contribution < -0.4 is 15.4 Å². The van der Waals surface area contributed by atoms with Gasteiger partial charge < -0.3 is 20.1 Å². The van der Waals surface area contributed by atoms with Gasteiger partial charge in [-0.05, 0) is 36.8 Å². The Labute approximate surface area is 205 Å². The molecule has 3 rings (SSSR count). The van der Waals surface area contributed by atoms with Crippen LogP contribution in [-0.4, -0.2) is 48.6 Å². The van der Waals surface area contributed by atoms with Crippen molar-refractivity contribution < 1.29 is 23.0 Å². The monoisotopic (exact) mass is 502 g/mol. The highest BCUT2D eigenvalue weighted by Gasteiger charge is 2.32. The lowest BCUT2D eigenvalue weighted by atomic mass is 10.0. The topological polar surface area (TPSA) is 111 Å². The molecule has 0 spiro atoms. The molecular weight excluding hydrogens is 482 g/mol. The number of hydrogen-bond donors (Lipinski definition) is 2. The van der Waals surface area contributed by atoms with E-state index in [9.17, 15) is 18.8 Å².